The molecule has 4 heterocycles. The highest BCUT2D eigenvalue weighted by Gasteiger charge is 2.13. The number of H-pyrrole nitrogens is 4. The molecule has 0 aliphatic carbocycles. The lowest BCUT2D eigenvalue weighted by Gasteiger charge is -2.00. The molecule has 0 fully saturated rings. The molecule has 27 nitrogen and oxygen atoms in total. The van der Waals surface area contributed by atoms with Crippen molar-refractivity contribution in [3.63, 3.8) is 0 Å². The number of carbonyl (C=O) groups excluding carboxylic acids is 6. The van der Waals surface area contributed by atoms with Crippen molar-refractivity contribution in [1.29, 1.82) is 0 Å². The van der Waals surface area contributed by atoms with Gasteiger partial charge in [0.15, 0.2) is 5.75 Å². The van der Waals surface area contributed by atoms with Gasteiger partial charge in [0.25, 0.3) is 0 Å². The van der Waals surface area contributed by atoms with Crippen LogP contribution in [0.2, 0.25) is 0 Å². The number of nitrogens with zero attached hydrogens (tertiary/aromatic N) is 4. The van der Waals surface area contributed by atoms with Gasteiger partial charge in [0.05, 0.1) is 61.5 Å². The number of fused-ring (bicyclic) bond motifs is 4. The number of ether oxygens (including phenoxy) is 6. The molecule has 10 N–H and O–H groups in total. The lowest BCUT2D eigenvalue weighted by molar-refractivity contribution is -0.132. The minimum atomic E-state index is -0.636. The Bertz CT molecular complexity index is 3160. The number of halogens is 1. The fourth-order valence-electron chi connectivity index (χ4n) is 5.30. The number of carbonyl (C=O) groups is 6. The number of aromatic nitrogens is 8. The zero-order valence-electron chi connectivity index (χ0n) is 37.4. The number of aromatic amines is 4. The number of nitrogens with one attached hydrogen (secondary N) is 8. The SMILES string of the molecule is C#COCl.COC(=O)Nc1nc2c(O)cccc2[nH]1.COC(=O)Nc1nc2c(OC(C)=O)cccc2[nH]1.COC(=O)Nc1nc2ccc(O)cc2[nH]1.COC(=O)Nc1nc2ccc(OC(C)=O)cc2[nH]1. The van der Waals surface area contributed by atoms with Crippen LogP contribution in [0.5, 0.6) is 23.0 Å². The second-order valence-corrected chi connectivity index (χ2v) is 13.1. The molecule has 70 heavy (non-hydrogen) atoms. The van der Waals surface area contributed by atoms with Crippen LogP contribution < -0.4 is 30.7 Å². The molecule has 0 aliphatic rings. The topological polar surface area (TPSA) is 370 Å². The van der Waals surface area contributed by atoms with E-state index in [4.69, 9.17) is 9.47 Å². The zero-order valence-corrected chi connectivity index (χ0v) is 38.1. The van der Waals surface area contributed by atoms with Crippen molar-refractivity contribution < 1.29 is 71.7 Å². The summed E-state index contributed by atoms with van der Waals surface area (Å²) in [5, 5.41) is 28.2. The Morgan fingerprint density at radius 2 is 0.971 bits per heavy atom. The molecule has 28 heteroatoms. The van der Waals surface area contributed by atoms with E-state index in [-0.39, 0.29) is 35.3 Å². The number of amides is 4. The van der Waals surface area contributed by atoms with Crippen LogP contribution in [0.15, 0.2) is 72.8 Å². The van der Waals surface area contributed by atoms with Crippen LogP contribution in [0, 0.1) is 12.5 Å². The van der Waals surface area contributed by atoms with Crippen molar-refractivity contribution >= 4 is 116 Å². The van der Waals surface area contributed by atoms with Gasteiger partial charge < -0.3 is 62.9 Å². The summed E-state index contributed by atoms with van der Waals surface area (Å²) in [6.45, 7) is 2.63. The van der Waals surface area contributed by atoms with Gasteiger partial charge in [0.2, 0.25) is 23.8 Å². The second-order valence-electron chi connectivity index (χ2n) is 12.9. The Kier molecular flexibility index (Phi) is 19.3. The number of aromatic hydroxyl groups is 2. The molecule has 0 saturated heterocycles. The van der Waals surface area contributed by atoms with Crippen LogP contribution >= 0.6 is 11.9 Å². The number of phenolic OH excluding ortho intramolecular Hbond substituents is 2. The fourth-order valence-corrected chi connectivity index (χ4v) is 5.30. The van der Waals surface area contributed by atoms with Crippen LogP contribution in [-0.2, 0) is 32.8 Å². The van der Waals surface area contributed by atoms with E-state index in [0.717, 1.165) is 0 Å². The van der Waals surface area contributed by atoms with E-state index in [1.54, 1.807) is 60.7 Å². The number of esters is 2. The molecule has 0 spiro atoms. The van der Waals surface area contributed by atoms with Crippen molar-refractivity contribution in [2.75, 3.05) is 49.7 Å². The van der Waals surface area contributed by atoms with E-state index in [9.17, 15) is 39.0 Å². The number of phenols is 2. The van der Waals surface area contributed by atoms with Gasteiger partial charge >= 0.3 is 36.3 Å². The van der Waals surface area contributed by atoms with Crippen molar-refractivity contribution in [1.82, 2.24) is 39.9 Å². The lowest BCUT2D eigenvalue weighted by Crippen LogP contribution is -2.11. The van der Waals surface area contributed by atoms with Crippen LogP contribution in [0.4, 0.5) is 43.0 Å². The first kappa shape index (κ1) is 52.7. The first-order valence-corrected chi connectivity index (χ1v) is 19.6. The number of methoxy groups -OCH3 is 4. The monoisotopic (exact) mass is 988 g/mol. The Morgan fingerprint density at radius 1 is 0.557 bits per heavy atom. The van der Waals surface area contributed by atoms with Gasteiger partial charge in [-0.15, -0.1) is 0 Å². The molecule has 0 bridgehead atoms. The highest BCUT2D eigenvalue weighted by molar-refractivity contribution is 6.08. The van der Waals surface area contributed by atoms with Gasteiger partial charge in [-0.05, 0) is 48.5 Å². The molecule has 0 radical (unpaired) electrons. The minimum Gasteiger partial charge on any atom is -0.508 e. The van der Waals surface area contributed by atoms with E-state index < -0.39 is 36.3 Å². The molecule has 4 aromatic carbocycles. The molecule has 4 aromatic heterocycles. The first-order valence-electron chi connectivity index (χ1n) is 19.3. The molecular formula is C42H41ClN12O15. The van der Waals surface area contributed by atoms with Gasteiger partial charge in [0.1, 0.15) is 46.3 Å². The van der Waals surface area contributed by atoms with Gasteiger partial charge in [-0.25, -0.2) is 39.1 Å². The molecule has 0 atom stereocenters. The summed E-state index contributed by atoms with van der Waals surface area (Å²) in [6.07, 6.45) is 3.65. The standard InChI is InChI=1S/2C11H11N3O4.2C9H9N3O3.C2HClO/c1-6(15)18-7-3-4-8-9(5-7)13-10(12-8)14-11(16)17-2;1-6(15)18-8-5-3-4-7-9(8)13-10(12-7)14-11(16)17-2;1-15-9(14)12-8-10-6-3-2-5(13)4-7(6)11-8;1-15-9(14)12-8-10-5-3-2-4-6(13)7(5)11-8;1-2-4-3/h2*3-5H,1-2H3,(H2,12,13,14,16);2*2-4,13H,1H3,(H2,10,11,12,14);1H. The van der Waals surface area contributed by atoms with E-state index in [2.05, 4.69) is 103 Å². The van der Waals surface area contributed by atoms with Crippen LogP contribution in [0.25, 0.3) is 44.1 Å². The molecule has 366 valence electrons. The van der Waals surface area contributed by atoms with Crippen LogP contribution in [-0.4, -0.2) is 115 Å². The number of rotatable bonds is 6. The Labute approximate surface area is 398 Å². The summed E-state index contributed by atoms with van der Waals surface area (Å²) in [5.41, 5.74) is 4.71. The number of terminal acetylenes is 1. The summed E-state index contributed by atoms with van der Waals surface area (Å²) in [6, 6.07) is 19.6. The maximum absolute atomic E-state index is 11.0. The normalized spacial score (nSPS) is 9.80. The minimum absolute atomic E-state index is 0.0571. The summed E-state index contributed by atoms with van der Waals surface area (Å²) < 4.78 is 31.2. The fraction of sp³-hybridized carbons (Fsp3) is 0.143. The van der Waals surface area contributed by atoms with E-state index >= 15 is 0 Å². The Morgan fingerprint density at radius 3 is 1.43 bits per heavy atom. The number of benzene rings is 4. The maximum atomic E-state index is 11.0. The van der Waals surface area contributed by atoms with Crippen LogP contribution in [0.3, 0.4) is 0 Å². The molecule has 0 saturated carbocycles. The highest BCUT2D eigenvalue weighted by atomic mass is 35.5. The third kappa shape index (κ3) is 15.9. The second kappa shape index (κ2) is 25.7. The van der Waals surface area contributed by atoms with Crippen molar-refractivity contribution in [3.05, 3.63) is 72.8 Å². The molecular weight excluding hydrogens is 948 g/mol. The predicted octanol–water partition coefficient (Wildman–Crippen LogP) is 6.97. The Balaban J connectivity index is 0.000000198. The average molecular weight is 989 g/mol. The van der Waals surface area contributed by atoms with Gasteiger partial charge in [-0.1, -0.05) is 18.6 Å². The van der Waals surface area contributed by atoms with E-state index in [1.165, 1.54) is 60.5 Å². The molecule has 0 aliphatic heterocycles. The third-order valence-electron chi connectivity index (χ3n) is 8.07. The number of para-hydroxylation sites is 2. The van der Waals surface area contributed by atoms with Gasteiger partial charge in [-0.3, -0.25) is 30.9 Å². The maximum Gasteiger partial charge on any atom is 0.413 e. The Hall–Kier alpha value is -9.97. The smallest absolute Gasteiger partial charge is 0.413 e. The first-order chi connectivity index (χ1) is 33.5. The average Bonchev–Trinajstić information content (AvgIpc) is 4.14. The molecule has 0 unspecified atom stereocenters. The molecule has 4 amide bonds. The summed E-state index contributed by atoms with van der Waals surface area (Å²) >= 11 is 4.45. The van der Waals surface area contributed by atoms with Crippen LogP contribution in [0.1, 0.15) is 13.8 Å². The number of anilines is 4. The zero-order chi connectivity index (χ0) is 51.3. The van der Waals surface area contributed by atoms with Gasteiger partial charge in [0, 0.05) is 26.0 Å². The third-order valence-corrected chi connectivity index (χ3v) is 8.16. The van der Waals surface area contributed by atoms with E-state index in [0.29, 0.717) is 55.6 Å². The van der Waals surface area contributed by atoms with E-state index in [1.807, 2.05) is 0 Å². The number of hydrogen-bond donors (Lipinski definition) is 10. The largest absolute Gasteiger partial charge is 0.508 e. The summed E-state index contributed by atoms with van der Waals surface area (Å²) in [7, 11) is 5.04. The number of imidazole rings is 4. The summed E-state index contributed by atoms with van der Waals surface area (Å²) in [4.78, 5) is 93.2. The quantitative estimate of drug-likeness (QED) is 0.0348. The molecule has 8 rings (SSSR count). The van der Waals surface area contributed by atoms with Crippen molar-refractivity contribution in [2.24, 2.45) is 0 Å². The highest BCUT2D eigenvalue weighted by Crippen LogP contribution is 2.26. The number of hydrogen-bond acceptors (Lipinski definition) is 19. The molecule has 8 aromatic rings. The van der Waals surface area contributed by atoms with Crippen molar-refractivity contribution in [3.8, 4) is 35.5 Å². The summed E-state index contributed by atoms with van der Waals surface area (Å²) in [5.74, 6) is 1.08. The van der Waals surface area contributed by atoms with Gasteiger partial charge in [-0.2, -0.15) is 0 Å². The van der Waals surface area contributed by atoms with Crippen molar-refractivity contribution in [2.45, 2.75) is 13.8 Å². The lowest BCUT2D eigenvalue weighted by atomic mass is 10.3. The predicted molar refractivity (Wildman–Crippen MR) is 250 cm³/mol.